The maximum Gasteiger partial charge on any atom is 0.179 e. The van der Waals surface area contributed by atoms with Gasteiger partial charge in [0.25, 0.3) is 0 Å². The Morgan fingerprint density at radius 1 is 1.07 bits per heavy atom. The van der Waals surface area contributed by atoms with Gasteiger partial charge in [0.05, 0.1) is 5.75 Å². The van der Waals surface area contributed by atoms with Crippen molar-refractivity contribution >= 4 is 15.4 Å². The molecule has 0 fully saturated rings. The van der Waals surface area contributed by atoms with E-state index in [0.29, 0.717) is 11.3 Å². The molecule has 3 heteroatoms. The van der Waals surface area contributed by atoms with Crippen molar-refractivity contribution in [3.8, 4) is 0 Å². The highest BCUT2D eigenvalue weighted by molar-refractivity contribution is 7.97. The molecule has 14 heavy (non-hydrogen) atoms. The highest BCUT2D eigenvalue weighted by atomic mass is 32.2. The van der Waals surface area contributed by atoms with Crippen molar-refractivity contribution < 1.29 is 8.42 Å². The van der Waals surface area contributed by atoms with Crippen LogP contribution in [-0.2, 0) is 16.3 Å². The number of hydrogen-bond donors (Lipinski definition) is 0. The van der Waals surface area contributed by atoms with Gasteiger partial charge >= 0.3 is 0 Å². The summed E-state index contributed by atoms with van der Waals surface area (Å²) >= 11 is 0. The molecule has 1 aromatic rings. The van der Waals surface area contributed by atoms with E-state index in [9.17, 15) is 8.42 Å². The Labute approximate surface area is 83.2 Å². The van der Waals surface area contributed by atoms with Crippen molar-refractivity contribution in [2.24, 2.45) is 0 Å². The Bertz CT molecular complexity index is 538. The summed E-state index contributed by atoms with van der Waals surface area (Å²) < 4.78 is 22.8. The molecular weight excluding hydrogens is 196 g/mol. The van der Waals surface area contributed by atoms with Crippen LogP contribution < -0.4 is 0 Å². The molecule has 0 amide bonds. The predicted molar refractivity (Wildman–Crippen MR) is 55.5 cm³/mol. The molecule has 2 nitrogen and oxygen atoms in total. The van der Waals surface area contributed by atoms with Crippen molar-refractivity contribution in [3.05, 3.63) is 40.3 Å². The number of sulfone groups is 1. The van der Waals surface area contributed by atoms with Crippen LogP contribution in [0.25, 0.3) is 5.57 Å². The normalized spacial score (nSPS) is 22.3. The fourth-order valence-electron chi connectivity index (χ4n) is 2.28. The molecule has 0 aromatic heterocycles. The second kappa shape index (κ2) is 2.48. The maximum absolute atomic E-state index is 11.4. The lowest BCUT2D eigenvalue weighted by Gasteiger charge is -2.30. The third kappa shape index (κ3) is 0.932. The van der Waals surface area contributed by atoms with E-state index < -0.39 is 9.84 Å². The van der Waals surface area contributed by atoms with E-state index in [4.69, 9.17) is 0 Å². The zero-order chi connectivity index (χ0) is 9.76. The smallest absolute Gasteiger partial charge is 0.179 e. The van der Waals surface area contributed by atoms with Gasteiger partial charge in [-0.25, -0.2) is 8.42 Å². The van der Waals surface area contributed by atoms with E-state index in [-0.39, 0.29) is 5.75 Å². The predicted octanol–water partition coefficient (Wildman–Crippen LogP) is 1.77. The maximum atomic E-state index is 11.4. The quantitative estimate of drug-likeness (QED) is 0.648. The summed E-state index contributed by atoms with van der Waals surface area (Å²) in [5.74, 6) is 0.249. The molecular formula is C11H10O2S. The van der Waals surface area contributed by atoms with Crippen molar-refractivity contribution in [3.63, 3.8) is 0 Å². The average molecular weight is 206 g/mol. The largest absolute Gasteiger partial charge is 0.224 e. The van der Waals surface area contributed by atoms with Crippen LogP contribution in [-0.4, -0.2) is 14.2 Å². The standard InChI is InChI=1S/C11H10O2S/c12-14(13)7-10-9-4-2-1-3-8(9)5-6-11(10)14/h1-4H,5-7H2. The van der Waals surface area contributed by atoms with Crippen molar-refractivity contribution in [1.82, 2.24) is 0 Å². The lowest BCUT2D eigenvalue weighted by Crippen LogP contribution is -2.27. The Morgan fingerprint density at radius 2 is 1.86 bits per heavy atom. The number of fused-ring (bicyclic) bond motifs is 2. The van der Waals surface area contributed by atoms with Gasteiger partial charge in [-0.15, -0.1) is 0 Å². The van der Waals surface area contributed by atoms with Crippen LogP contribution in [0.3, 0.4) is 0 Å². The van der Waals surface area contributed by atoms with E-state index in [2.05, 4.69) is 6.07 Å². The number of allylic oxidation sites excluding steroid dienone is 1. The van der Waals surface area contributed by atoms with Gasteiger partial charge in [0.15, 0.2) is 9.84 Å². The molecule has 2 aliphatic rings. The molecule has 0 saturated heterocycles. The third-order valence-electron chi connectivity index (χ3n) is 3.01. The SMILES string of the molecule is O=S1(=O)CC2=C1CCc1ccccc12. The molecule has 1 aromatic carbocycles. The fraction of sp³-hybridized carbons (Fsp3) is 0.273. The van der Waals surface area contributed by atoms with Gasteiger partial charge in [0.1, 0.15) is 0 Å². The van der Waals surface area contributed by atoms with E-state index in [1.807, 2.05) is 18.2 Å². The Balaban J connectivity index is 2.25. The number of hydrogen-bond acceptors (Lipinski definition) is 2. The first-order chi connectivity index (χ1) is 6.68. The summed E-state index contributed by atoms with van der Waals surface area (Å²) in [5, 5.41) is 0. The van der Waals surface area contributed by atoms with Gasteiger partial charge in [0, 0.05) is 4.91 Å². The topological polar surface area (TPSA) is 34.1 Å². The molecule has 0 saturated carbocycles. The zero-order valence-corrected chi connectivity index (χ0v) is 8.47. The summed E-state index contributed by atoms with van der Waals surface area (Å²) in [6.45, 7) is 0. The summed E-state index contributed by atoms with van der Waals surface area (Å²) in [4.78, 5) is 0.691. The summed E-state index contributed by atoms with van der Waals surface area (Å²) in [6, 6.07) is 8.10. The monoisotopic (exact) mass is 206 g/mol. The Kier molecular flexibility index (Phi) is 1.46. The van der Waals surface area contributed by atoms with E-state index >= 15 is 0 Å². The van der Waals surface area contributed by atoms with Crippen LogP contribution in [0.4, 0.5) is 0 Å². The van der Waals surface area contributed by atoms with Crippen molar-refractivity contribution in [2.75, 3.05) is 5.75 Å². The first kappa shape index (κ1) is 8.24. The molecule has 1 aliphatic carbocycles. The molecule has 0 atom stereocenters. The highest BCUT2D eigenvalue weighted by Gasteiger charge is 2.37. The number of aryl methyl sites for hydroxylation is 1. The molecule has 0 N–H and O–H groups in total. The van der Waals surface area contributed by atoms with Crippen LogP contribution in [0.1, 0.15) is 17.5 Å². The van der Waals surface area contributed by atoms with Crippen LogP contribution in [0.2, 0.25) is 0 Å². The molecule has 3 rings (SSSR count). The van der Waals surface area contributed by atoms with Crippen LogP contribution in [0.15, 0.2) is 29.2 Å². The molecule has 72 valence electrons. The first-order valence-electron chi connectivity index (χ1n) is 4.71. The van der Waals surface area contributed by atoms with E-state index in [1.165, 1.54) is 5.56 Å². The highest BCUT2D eigenvalue weighted by Crippen LogP contribution is 2.42. The van der Waals surface area contributed by atoms with Gasteiger partial charge in [-0.05, 0) is 29.5 Å². The lowest BCUT2D eigenvalue weighted by atomic mass is 9.91. The van der Waals surface area contributed by atoms with Gasteiger partial charge in [-0.1, -0.05) is 24.3 Å². The summed E-state index contributed by atoms with van der Waals surface area (Å²) in [7, 11) is -2.85. The fourth-order valence-corrected chi connectivity index (χ4v) is 3.89. The van der Waals surface area contributed by atoms with Crippen LogP contribution in [0.5, 0.6) is 0 Å². The molecule has 0 spiro atoms. The number of rotatable bonds is 0. The Morgan fingerprint density at radius 3 is 2.64 bits per heavy atom. The molecule has 0 unspecified atom stereocenters. The minimum absolute atomic E-state index is 0.249. The number of benzene rings is 1. The van der Waals surface area contributed by atoms with Crippen molar-refractivity contribution in [1.29, 1.82) is 0 Å². The minimum Gasteiger partial charge on any atom is -0.224 e. The van der Waals surface area contributed by atoms with Gasteiger partial charge in [-0.3, -0.25) is 0 Å². The Hall–Kier alpha value is -1.09. The van der Waals surface area contributed by atoms with Gasteiger partial charge in [0.2, 0.25) is 0 Å². The lowest BCUT2D eigenvalue weighted by molar-refractivity contribution is 0.599. The molecule has 1 heterocycles. The van der Waals surface area contributed by atoms with E-state index in [1.54, 1.807) is 0 Å². The summed E-state index contributed by atoms with van der Waals surface area (Å²) in [5.41, 5.74) is 3.51. The van der Waals surface area contributed by atoms with Crippen molar-refractivity contribution in [2.45, 2.75) is 12.8 Å². The van der Waals surface area contributed by atoms with Gasteiger partial charge < -0.3 is 0 Å². The zero-order valence-electron chi connectivity index (χ0n) is 7.66. The summed E-state index contributed by atoms with van der Waals surface area (Å²) in [6.07, 6.45) is 1.57. The molecule has 0 bridgehead atoms. The molecule has 1 aliphatic heterocycles. The van der Waals surface area contributed by atoms with Crippen LogP contribution >= 0.6 is 0 Å². The first-order valence-corrected chi connectivity index (χ1v) is 6.37. The average Bonchev–Trinajstić information content (AvgIpc) is 2.16. The molecule has 0 radical (unpaired) electrons. The minimum atomic E-state index is -2.85. The van der Waals surface area contributed by atoms with Gasteiger partial charge in [-0.2, -0.15) is 0 Å². The third-order valence-corrected chi connectivity index (χ3v) is 4.88. The van der Waals surface area contributed by atoms with E-state index in [0.717, 1.165) is 17.6 Å². The second-order valence-corrected chi connectivity index (χ2v) is 5.83. The van der Waals surface area contributed by atoms with Crippen LogP contribution in [0, 0.1) is 0 Å². The second-order valence-electron chi connectivity index (χ2n) is 3.82.